The van der Waals surface area contributed by atoms with Gasteiger partial charge in [0, 0.05) is 17.1 Å². The van der Waals surface area contributed by atoms with Crippen LogP contribution in [0.15, 0.2) is 30.5 Å². The molecule has 0 amide bonds. The summed E-state index contributed by atoms with van der Waals surface area (Å²) in [5.74, 6) is 0. The van der Waals surface area contributed by atoms with Crippen molar-refractivity contribution in [2.75, 3.05) is 6.54 Å². The number of H-pyrrole nitrogens is 1. The predicted octanol–water partition coefficient (Wildman–Crippen LogP) is 1.02. The summed E-state index contributed by atoms with van der Waals surface area (Å²) < 4.78 is 31.6. The Balaban J connectivity index is 0.000000249. The number of nitrogens with one attached hydrogen (secondary N) is 1. The molecule has 0 fully saturated rings. The molecule has 2 aromatic rings. The minimum atomic E-state index is -4.67. The maximum absolute atomic E-state index is 8.74. The lowest BCUT2D eigenvalue weighted by Gasteiger charge is -1.93. The fourth-order valence-corrected chi connectivity index (χ4v) is 1.49. The Morgan fingerprint density at radius 2 is 1.82 bits per heavy atom. The molecule has 6 nitrogen and oxygen atoms in total. The smallest absolute Gasteiger partial charge is 0.361 e. The lowest BCUT2D eigenvalue weighted by molar-refractivity contribution is 0.381. The van der Waals surface area contributed by atoms with Crippen molar-refractivity contribution in [3.8, 4) is 0 Å². The number of benzene rings is 1. The van der Waals surface area contributed by atoms with Gasteiger partial charge >= 0.3 is 10.4 Å². The lowest BCUT2D eigenvalue weighted by atomic mass is 10.1. The third-order valence-electron chi connectivity index (χ3n) is 2.09. The Hall–Kier alpha value is -1.41. The molecule has 0 aliphatic rings. The van der Waals surface area contributed by atoms with E-state index in [0.717, 1.165) is 6.42 Å². The molecular weight excluding hydrogens is 244 g/mol. The first kappa shape index (κ1) is 13.7. The molecule has 1 heterocycles. The molecule has 0 saturated carbocycles. The van der Waals surface area contributed by atoms with Crippen molar-refractivity contribution in [1.82, 2.24) is 4.98 Å². The van der Waals surface area contributed by atoms with Gasteiger partial charge in [-0.15, -0.1) is 0 Å². The molecule has 0 radical (unpaired) electrons. The first-order valence-corrected chi connectivity index (χ1v) is 6.26. The highest BCUT2D eigenvalue weighted by Gasteiger charge is 1.99. The van der Waals surface area contributed by atoms with E-state index in [1.165, 1.54) is 16.5 Å². The van der Waals surface area contributed by atoms with Crippen LogP contribution in [0.2, 0.25) is 0 Å². The summed E-state index contributed by atoms with van der Waals surface area (Å²) in [6.45, 7) is 0.710. The molecule has 1 aromatic heterocycles. The summed E-state index contributed by atoms with van der Waals surface area (Å²) in [4.78, 5) is 3.22. The van der Waals surface area contributed by atoms with Gasteiger partial charge in [0.15, 0.2) is 0 Å². The predicted molar refractivity (Wildman–Crippen MR) is 65.2 cm³/mol. The number of aromatic amines is 1. The van der Waals surface area contributed by atoms with E-state index in [1.54, 1.807) is 0 Å². The van der Waals surface area contributed by atoms with E-state index in [0.29, 0.717) is 6.54 Å². The summed E-state index contributed by atoms with van der Waals surface area (Å²) in [7, 11) is -4.67. The van der Waals surface area contributed by atoms with Crippen molar-refractivity contribution in [2.24, 2.45) is 5.73 Å². The molecule has 0 unspecified atom stereocenters. The van der Waals surface area contributed by atoms with Gasteiger partial charge in [-0.2, -0.15) is 8.42 Å². The molecule has 0 aliphatic carbocycles. The molecule has 2 rings (SSSR count). The van der Waals surface area contributed by atoms with Crippen LogP contribution in [0, 0.1) is 0 Å². The lowest BCUT2D eigenvalue weighted by Crippen LogP contribution is -2.01. The van der Waals surface area contributed by atoms with Crippen LogP contribution < -0.4 is 5.73 Å². The van der Waals surface area contributed by atoms with E-state index < -0.39 is 10.4 Å². The van der Waals surface area contributed by atoms with Crippen molar-refractivity contribution in [3.05, 3.63) is 36.0 Å². The number of hydrogen-bond acceptors (Lipinski definition) is 3. The Bertz CT molecular complexity index is 569. The van der Waals surface area contributed by atoms with Gasteiger partial charge in [0.2, 0.25) is 0 Å². The second-order valence-electron chi connectivity index (χ2n) is 3.35. The molecule has 1 aromatic carbocycles. The molecule has 5 N–H and O–H groups in total. The van der Waals surface area contributed by atoms with Crippen LogP contribution in [-0.2, 0) is 16.8 Å². The second kappa shape index (κ2) is 5.78. The van der Waals surface area contributed by atoms with Crippen LogP contribution >= 0.6 is 0 Å². The molecule has 7 heteroatoms. The third-order valence-corrected chi connectivity index (χ3v) is 2.09. The zero-order chi connectivity index (χ0) is 12.9. The van der Waals surface area contributed by atoms with Crippen molar-refractivity contribution >= 4 is 21.3 Å². The van der Waals surface area contributed by atoms with Crippen LogP contribution in [0.5, 0.6) is 0 Å². The van der Waals surface area contributed by atoms with Gasteiger partial charge in [-0.25, -0.2) is 0 Å². The van der Waals surface area contributed by atoms with E-state index >= 15 is 0 Å². The van der Waals surface area contributed by atoms with Gasteiger partial charge in [-0.1, -0.05) is 18.2 Å². The SMILES string of the molecule is NCCc1c[nH]c2ccccc12.O=S(=O)(O)O. The van der Waals surface area contributed by atoms with Gasteiger partial charge < -0.3 is 10.7 Å². The van der Waals surface area contributed by atoms with Crippen LogP contribution in [-0.4, -0.2) is 29.1 Å². The Morgan fingerprint density at radius 1 is 1.24 bits per heavy atom. The average molecular weight is 258 g/mol. The fraction of sp³-hybridized carbons (Fsp3) is 0.200. The molecule has 0 spiro atoms. The molecule has 0 atom stereocenters. The molecule has 94 valence electrons. The summed E-state index contributed by atoms with van der Waals surface area (Å²) in [6, 6.07) is 8.29. The van der Waals surface area contributed by atoms with Gasteiger partial charge in [-0.05, 0) is 24.6 Å². The molecule has 0 bridgehead atoms. The quantitative estimate of drug-likeness (QED) is 0.600. The van der Waals surface area contributed by atoms with Crippen LogP contribution in [0.1, 0.15) is 5.56 Å². The highest BCUT2D eigenvalue weighted by Crippen LogP contribution is 2.17. The number of aromatic nitrogens is 1. The Labute approximate surface area is 99.0 Å². The third kappa shape index (κ3) is 4.96. The zero-order valence-corrected chi connectivity index (χ0v) is 9.81. The van der Waals surface area contributed by atoms with E-state index in [-0.39, 0.29) is 0 Å². The minimum Gasteiger partial charge on any atom is -0.361 e. The van der Waals surface area contributed by atoms with Crippen LogP contribution in [0.25, 0.3) is 10.9 Å². The van der Waals surface area contributed by atoms with Crippen LogP contribution in [0.4, 0.5) is 0 Å². The molecule has 0 saturated heterocycles. The Kier molecular flexibility index (Phi) is 4.64. The van der Waals surface area contributed by atoms with Gasteiger partial charge in [0.1, 0.15) is 0 Å². The highest BCUT2D eigenvalue weighted by atomic mass is 32.3. The maximum Gasteiger partial charge on any atom is 0.394 e. The largest absolute Gasteiger partial charge is 0.394 e. The number of fused-ring (bicyclic) bond motifs is 1. The normalized spacial score (nSPS) is 11.0. The molecule has 0 aliphatic heterocycles. The van der Waals surface area contributed by atoms with E-state index in [9.17, 15) is 0 Å². The number of nitrogens with two attached hydrogens (primary N) is 1. The van der Waals surface area contributed by atoms with E-state index in [2.05, 4.69) is 23.2 Å². The average Bonchev–Trinajstić information content (AvgIpc) is 2.60. The molecule has 17 heavy (non-hydrogen) atoms. The number of para-hydroxylation sites is 1. The van der Waals surface area contributed by atoms with Gasteiger partial charge in [0.05, 0.1) is 0 Å². The highest BCUT2D eigenvalue weighted by molar-refractivity contribution is 7.79. The Morgan fingerprint density at radius 3 is 2.41 bits per heavy atom. The first-order valence-electron chi connectivity index (χ1n) is 4.86. The number of rotatable bonds is 2. The van der Waals surface area contributed by atoms with Crippen molar-refractivity contribution in [2.45, 2.75) is 6.42 Å². The topological polar surface area (TPSA) is 116 Å². The van der Waals surface area contributed by atoms with Gasteiger partial charge in [-0.3, -0.25) is 9.11 Å². The van der Waals surface area contributed by atoms with Gasteiger partial charge in [0.25, 0.3) is 0 Å². The molecular formula is C10H14N2O4S. The fourth-order valence-electron chi connectivity index (χ4n) is 1.49. The monoisotopic (exact) mass is 258 g/mol. The minimum absolute atomic E-state index is 0.710. The second-order valence-corrected chi connectivity index (χ2v) is 4.24. The van der Waals surface area contributed by atoms with Crippen molar-refractivity contribution in [3.63, 3.8) is 0 Å². The van der Waals surface area contributed by atoms with Crippen LogP contribution in [0.3, 0.4) is 0 Å². The summed E-state index contributed by atoms with van der Waals surface area (Å²) in [5, 5.41) is 1.29. The summed E-state index contributed by atoms with van der Waals surface area (Å²) in [6.07, 6.45) is 2.99. The zero-order valence-electron chi connectivity index (χ0n) is 9.00. The van der Waals surface area contributed by atoms with E-state index in [1.807, 2.05) is 12.3 Å². The first-order chi connectivity index (χ1) is 7.92. The van der Waals surface area contributed by atoms with Crippen molar-refractivity contribution < 1.29 is 17.5 Å². The van der Waals surface area contributed by atoms with E-state index in [4.69, 9.17) is 23.3 Å². The number of hydrogen-bond donors (Lipinski definition) is 4. The summed E-state index contributed by atoms with van der Waals surface area (Å²) in [5.41, 5.74) is 8.01. The van der Waals surface area contributed by atoms with Crippen molar-refractivity contribution in [1.29, 1.82) is 0 Å². The summed E-state index contributed by atoms with van der Waals surface area (Å²) >= 11 is 0. The standard InChI is InChI=1S/C10H12N2.H2O4S/c11-6-5-8-7-12-10-4-2-1-3-9(8)10;1-5(2,3)4/h1-4,7,12H,5-6,11H2;(H2,1,2,3,4). The maximum atomic E-state index is 8.74.